The van der Waals surface area contributed by atoms with Crippen LogP contribution in [0.15, 0.2) is 53.7 Å². The van der Waals surface area contributed by atoms with Crippen molar-refractivity contribution in [2.24, 2.45) is 0 Å². The maximum Gasteiger partial charge on any atom is 0.338 e. The first-order valence-corrected chi connectivity index (χ1v) is 10.2. The molecule has 1 atom stereocenters. The SMILES string of the molecule is CCOC(=O)C1=C(COc2cc(Cl)ccc2Cl)N(C)C(=O)N[C@@H]1c1cccc(C)c1. The van der Waals surface area contributed by atoms with E-state index in [0.717, 1.165) is 11.1 Å². The van der Waals surface area contributed by atoms with Crippen molar-refractivity contribution in [1.29, 1.82) is 0 Å². The zero-order valence-corrected chi connectivity index (χ0v) is 18.4. The van der Waals surface area contributed by atoms with Crippen molar-refractivity contribution in [3.63, 3.8) is 0 Å². The lowest BCUT2D eigenvalue weighted by Crippen LogP contribution is -2.48. The molecule has 3 rings (SSSR count). The number of aryl methyl sites for hydroxylation is 1. The summed E-state index contributed by atoms with van der Waals surface area (Å²) >= 11 is 12.2. The van der Waals surface area contributed by atoms with Gasteiger partial charge in [0.2, 0.25) is 0 Å². The summed E-state index contributed by atoms with van der Waals surface area (Å²) in [6.07, 6.45) is 0. The van der Waals surface area contributed by atoms with Crippen LogP contribution in [0.4, 0.5) is 4.79 Å². The van der Waals surface area contributed by atoms with Crippen molar-refractivity contribution < 1.29 is 19.1 Å². The molecule has 0 radical (unpaired) electrons. The number of esters is 1. The second-order valence-corrected chi connectivity index (χ2v) is 7.64. The van der Waals surface area contributed by atoms with E-state index in [1.165, 1.54) is 4.90 Å². The van der Waals surface area contributed by atoms with Crippen molar-refractivity contribution in [3.05, 3.63) is 74.9 Å². The highest BCUT2D eigenvalue weighted by atomic mass is 35.5. The molecule has 2 aromatic carbocycles. The molecule has 0 unspecified atom stereocenters. The highest BCUT2D eigenvalue weighted by molar-refractivity contribution is 6.34. The lowest BCUT2D eigenvalue weighted by Gasteiger charge is -2.34. The molecule has 0 aliphatic carbocycles. The number of carbonyl (C=O) groups is 2. The predicted octanol–water partition coefficient (Wildman–Crippen LogP) is 4.89. The number of halogens is 2. The Balaban J connectivity index is 2.06. The van der Waals surface area contributed by atoms with Gasteiger partial charge in [0.15, 0.2) is 0 Å². The number of nitrogens with zero attached hydrogens (tertiary/aromatic N) is 1. The van der Waals surface area contributed by atoms with E-state index < -0.39 is 12.0 Å². The van der Waals surface area contributed by atoms with Crippen LogP contribution in [0.1, 0.15) is 24.1 Å². The van der Waals surface area contributed by atoms with E-state index in [9.17, 15) is 9.59 Å². The third-order valence-electron chi connectivity index (χ3n) is 4.71. The van der Waals surface area contributed by atoms with Gasteiger partial charge in [0.1, 0.15) is 12.4 Å². The number of benzene rings is 2. The molecule has 8 heteroatoms. The van der Waals surface area contributed by atoms with E-state index in [0.29, 0.717) is 27.1 Å². The standard InChI is InChI=1S/C22H22Cl2N2O4/c1-4-29-21(27)19-17(12-30-18-11-15(23)8-9-16(18)24)26(3)22(28)25-20(19)14-7-5-6-13(2)10-14/h5-11,20H,4,12H2,1-3H3,(H,25,28)/t20-/m1/s1. The van der Waals surface area contributed by atoms with Gasteiger partial charge in [-0.2, -0.15) is 0 Å². The van der Waals surface area contributed by atoms with Crippen LogP contribution in [0, 0.1) is 6.92 Å². The Labute approximate surface area is 185 Å². The number of nitrogens with one attached hydrogen (secondary N) is 1. The smallest absolute Gasteiger partial charge is 0.338 e. The van der Waals surface area contributed by atoms with Crippen LogP contribution in [0.25, 0.3) is 0 Å². The predicted molar refractivity (Wildman–Crippen MR) is 116 cm³/mol. The minimum atomic E-state index is -0.666. The molecule has 0 saturated carbocycles. The minimum absolute atomic E-state index is 0.0690. The third-order valence-corrected chi connectivity index (χ3v) is 5.25. The number of ether oxygens (including phenoxy) is 2. The van der Waals surface area contributed by atoms with Crippen LogP contribution in [-0.4, -0.2) is 37.2 Å². The summed E-state index contributed by atoms with van der Waals surface area (Å²) in [4.78, 5) is 26.9. The Kier molecular flexibility index (Phi) is 6.90. The molecule has 6 nitrogen and oxygen atoms in total. The van der Waals surface area contributed by atoms with E-state index in [1.807, 2.05) is 31.2 Å². The summed E-state index contributed by atoms with van der Waals surface area (Å²) in [5, 5.41) is 3.70. The van der Waals surface area contributed by atoms with Crippen LogP contribution in [-0.2, 0) is 9.53 Å². The maximum atomic E-state index is 12.9. The van der Waals surface area contributed by atoms with Gasteiger partial charge in [0, 0.05) is 18.1 Å². The zero-order chi connectivity index (χ0) is 21.8. The van der Waals surface area contributed by atoms with Crippen LogP contribution in [0.5, 0.6) is 5.75 Å². The quantitative estimate of drug-likeness (QED) is 0.638. The van der Waals surface area contributed by atoms with Gasteiger partial charge in [-0.15, -0.1) is 0 Å². The molecule has 30 heavy (non-hydrogen) atoms. The highest BCUT2D eigenvalue weighted by Gasteiger charge is 2.37. The third kappa shape index (κ3) is 4.71. The van der Waals surface area contributed by atoms with E-state index in [2.05, 4.69) is 5.32 Å². The molecule has 1 heterocycles. The molecule has 2 aromatic rings. The van der Waals surface area contributed by atoms with Gasteiger partial charge in [-0.25, -0.2) is 9.59 Å². The lowest BCUT2D eigenvalue weighted by atomic mass is 9.94. The van der Waals surface area contributed by atoms with Gasteiger partial charge in [0.25, 0.3) is 0 Å². The molecule has 0 fully saturated rings. The van der Waals surface area contributed by atoms with Crippen LogP contribution < -0.4 is 10.1 Å². The first kappa shape index (κ1) is 22.0. The molecule has 2 amide bonds. The van der Waals surface area contributed by atoms with Gasteiger partial charge in [-0.3, -0.25) is 4.90 Å². The Hall–Kier alpha value is -2.70. The van der Waals surface area contributed by atoms with Crippen molar-refractivity contribution in [1.82, 2.24) is 10.2 Å². The van der Waals surface area contributed by atoms with Crippen LogP contribution in [0.3, 0.4) is 0 Å². The number of amides is 2. The average molecular weight is 449 g/mol. The van der Waals surface area contributed by atoms with Crippen LogP contribution in [0.2, 0.25) is 10.0 Å². The molecule has 0 bridgehead atoms. The number of rotatable bonds is 6. The summed E-state index contributed by atoms with van der Waals surface area (Å²) in [5.74, 6) is -0.169. The molecule has 0 aromatic heterocycles. The van der Waals surface area contributed by atoms with Gasteiger partial charge in [-0.05, 0) is 31.5 Å². The molecule has 1 N–H and O–H groups in total. The van der Waals surface area contributed by atoms with Crippen molar-refractivity contribution in [3.8, 4) is 5.75 Å². The molecule has 0 spiro atoms. The number of hydrogen-bond acceptors (Lipinski definition) is 4. The topological polar surface area (TPSA) is 67.9 Å². The Morgan fingerprint density at radius 1 is 1.20 bits per heavy atom. The Morgan fingerprint density at radius 3 is 2.67 bits per heavy atom. The summed E-state index contributed by atoms with van der Waals surface area (Å²) in [5.41, 5.74) is 2.48. The van der Waals surface area contributed by atoms with Gasteiger partial charge in [-0.1, -0.05) is 53.0 Å². The van der Waals surface area contributed by atoms with Crippen molar-refractivity contribution in [2.75, 3.05) is 20.3 Å². The number of likely N-dealkylation sites (N-methyl/N-ethyl adjacent to an activating group) is 1. The fourth-order valence-electron chi connectivity index (χ4n) is 3.22. The van der Waals surface area contributed by atoms with Gasteiger partial charge >= 0.3 is 12.0 Å². The van der Waals surface area contributed by atoms with Gasteiger partial charge < -0.3 is 14.8 Å². The molecule has 158 valence electrons. The summed E-state index contributed by atoms with van der Waals surface area (Å²) in [6, 6.07) is 11.4. The normalized spacial score (nSPS) is 16.4. The minimum Gasteiger partial charge on any atom is -0.486 e. The van der Waals surface area contributed by atoms with Crippen molar-refractivity contribution >= 4 is 35.2 Å². The van der Waals surface area contributed by atoms with E-state index in [1.54, 1.807) is 32.2 Å². The summed E-state index contributed by atoms with van der Waals surface area (Å²) in [6.45, 7) is 3.81. The molecule has 1 aliphatic heterocycles. The van der Waals surface area contributed by atoms with Crippen LogP contribution >= 0.6 is 23.2 Å². The largest absolute Gasteiger partial charge is 0.486 e. The number of carbonyl (C=O) groups excluding carboxylic acids is 2. The Morgan fingerprint density at radius 2 is 1.97 bits per heavy atom. The maximum absolute atomic E-state index is 12.9. The average Bonchev–Trinajstić information content (AvgIpc) is 2.71. The first-order valence-electron chi connectivity index (χ1n) is 9.40. The summed E-state index contributed by atoms with van der Waals surface area (Å²) in [7, 11) is 1.57. The number of urea groups is 1. The van der Waals surface area contributed by atoms with E-state index in [-0.39, 0.29) is 19.2 Å². The molecular formula is C22H22Cl2N2O4. The van der Waals surface area contributed by atoms with E-state index in [4.69, 9.17) is 32.7 Å². The fourth-order valence-corrected chi connectivity index (χ4v) is 3.55. The van der Waals surface area contributed by atoms with E-state index >= 15 is 0 Å². The monoisotopic (exact) mass is 448 g/mol. The first-order chi connectivity index (χ1) is 14.3. The lowest BCUT2D eigenvalue weighted by molar-refractivity contribution is -0.139. The summed E-state index contributed by atoms with van der Waals surface area (Å²) < 4.78 is 11.1. The molecule has 0 saturated heterocycles. The Bertz CT molecular complexity index is 1010. The molecular weight excluding hydrogens is 427 g/mol. The zero-order valence-electron chi connectivity index (χ0n) is 16.9. The second kappa shape index (κ2) is 9.41. The fraction of sp³-hybridized carbons (Fsp3) is 0.273. The highest BCUT2D eigenvalue weighted by Crippen LogP contribution is 2.33. The van der Waals surface area contributed by atoms with Crippen molar-refractivity contribution in [2.45, 2.75) is 19.9 Å². The van der Waals surface area contributed by atoms with Gasteiger partial charge in [0.05, 0.1) is 28.9 Å². The molecule has 1 aliphatic rings. The second-order valence-electron chi connectivity index (χ2n) is 6.80. The number of hydrogen-bond donors (Lipinski definition) is 1.